The first-order chi connectivity index (χ1) is 14.9. The van der Waals surface area contributed by atoms with Gasteiger partial charge in [0, 0.05) is 16.8 Å². The third-order valence-corrected chi connectivity index (χ3v) is 7.38. The van der Waals surface area contributed by atoms with E-state index >= 15 is 0 Å². The SMILES string of the molecule is CC1=C(S(=O)(=O)c2ccc(Cl)cc2)C(c2ccc(C)c(F)c2)n2nc(C(F)(F)F)cc2N1. The van der Waals surface area contributed by atoms with Gasteiger partial charge in [0.1, 0.15) is 17.7 Å². The molecule has 2 aromatic carbocycles. The van der Waals surface area contributed by atoms with Crippen molar-refractivity contribution in [3.8, 4) is 0 Å². The number of alkyl halides is 3. The van der Waals surface area contributed by atoms with Crippen LogP contribution in [-0.2, 0) is 16.0 Å². The molecule has 32 heavy (non-hydrogen) atoms. The van der Waals surface area contributed by atoms with Crippen LogP contribution in [0.15, 0.2) is 64.0 Å². The fraction of sp³-hybridized carbons (Fsp3) is 0.190. The number of aromatic nitrogens is 2. The summed E-state index contributed by atoms with van der Waals surface area (Å²) in [4.78, 5) is -0.352. The second-order valence-corrected chi connectivity index (χ2v) is 9.69. The summed E-state index contributed by atoms with van der Waals surface area (Å²) in [5.74, 6) is -0.678. The Labute approximate surface area is 186 Å². The molecule has 0 radical (unpaired) electrons. The number of aryl methyl sites for hydroxylation is 1. The highest BCUT2D eigenvalue weighted by atomic mass is 35.5. The Morgan fingerprint density at radius 1 is 1.06 bits per heavy atom. The van der Waals surface area contributed by atoms with Gasteiger partial charge in [-0.25, -0.2) is 17.5 Å². The first kappa shape index (κ1) is 22.3. The van der Waals surface area contributed by atoms with Crippen molar-refractivity contribution < 1.29 is 26.0 Å². The van der Waals surface area contributed by atoms with Crippen LogP contribution in [0.1, 0.15) is 29.8 Å². The topological polar surface area (TPSA) is 64.0 Å². The molecule has 0 spiro atoms. The van der Waals surface area contributed by atoms with E-state index in [1.165, 1.54) is 50.2 Å². The number of sulfone groups is 1. The fourth-order valence-corrected chi connectivity index (χ4v) is 5.41. The molecule has 0 amide bonds. The van der Waals surface area contributed by atoms with Gasteiger partial charge in [-0.15, -0.1) is 0 Å². The van der Waals surface area contributed by atoms with E-state index in [4.69, 9.17) is 11.6 Å². The van der Waals surface area contributed by atoms with E-state index < -0.39 is 33.6 Å². The van der Waals surface area contributed by atoms with Crippen LogP contribution < -0.4 is 5.32 Å². The molecule has 0 saturated carbocycles. The van der Waals surface area contributed by atoms with Crippen LogP contribution in [0.4, 0.5) is 23.4 Å². The Balaban J connectivity index is 1.97. The van der Waals surface area contributed by atoms with Crippen molar-refractivity contribution in [2.45, 2.75) is 31.0 Å². The van der Waals surface area contributed by atoms with Crippen LogP contribution in [0, 0.1) is 12.7 Å². The largest absolute Gasteiger partial charge is 0.435 e. The summed E-state index contributed by atoms with van der Waals surface area (Å²) in [5, 5.41) is 6.64. The molecule has 2 heterocycles. The molecule has 1 N–H and O–H groups in total. The predicted molar refractivity (Wildman–Crippen MR) is 111 cm³/mol. The van der Waals surface area contributed by atoms with Crippen molar-refractivity contribution in [2.75, 3.05) is 5.32 Å². The molecule has 1 aliphatic heterocycles. The summed E-state index contributed by atoms with van der Waals surface area (Å²) < 4.78 is 82.5. The van der Waals surface area contributed by atoms with E-state index in [0.29, 0.717) is 10.6 Å². The van der Waals surface area contributed by atoms with Crippen molar-refractivity contribution in [2.24, 2.45) is 0 Å². The van der Waals surface area contributed by atoms with Crippen molar-refractivity contribution >= 4 is 27.3 Å². The molecule has 0 aliphatic carbocycles. The normalized spacial score (nSPS) is 16.7. The molecular formula is C21H16ClF4N3O2S. The van der Waals surface area contributed by atoms with E-state index in [0.717, 1.165) is 16.8 Å². The first-order valence-corrected chi connectivity index (χ1v) is 11.2. The average Bonchev–Trinajstić information content (AvgIpc) is 3.13. The molecule has 1 aromatic heterocycles. The van der Waals surface area contributed by atoms with Crippen LogP contribution in [0.5, 0.6) is 0 Å². The van der Waals surface area contributed by atoms with Gasteiger partial charge in [-0.2, -0.15) is 18.3 Å². The quantitative estimate of drug-likeness (QED) is 0.482. The monoisotopic (exact) mass is 485 g/mol. The van der Waals surface area contributed by atoms with Gasteiger partial charge in [0.25, 0.3) is 0 Å². The summed E-state index contributed by atoms with van der Waals surface area (Å²) in [7, 11) is -4.22. The minimum atomic E-state index is -4.75. The molecular weight excluding hydrogens is 470 g/mol. The van der Waals surface area contributed by atoms with E-state index in [2.05, 4.69) is 10.4 Å². The number of nitrogens with zero attached hydrogens (tertiary/aromatic N) is 2. The van der Waals surface area contributed by atoms with Gasteiger partial charge in [-0.1, -0.05) is 23.7 Å². The van der Waals surface area contributed by atoms with Crippen LogP contribution in [0.25, 0.3) is 0 Å². The Morgan fingerprint density at radius 2 is 1.72 bits per heavy atom. The van der Waals surface area contributed by atoms with Gasteiger partial charge in [0.2, 0.25) is 9.84 Å². The lowest BCUT2D eigenvalue weighted by Gasteiger charge is -2.30. The Morgan fingerprint density at radius 3 is 2.31 bits per heavy atom. The number of anilines is 1. The Hall–Kier alpha value is -2.85. The van der Waals surface area contributed by atoms with Gasteiger partial charge in [-0.05, 0) is 55.3 Å². The Bertz CT molecular complexity index is 1350. The van der Waals surface area contributed by atoms with Gasteiger partial charge in [-0.3, -0.25) is 0 Å². The van der Waals surface area contributed by atoms with E-state index in [1.54, 1.807) is 0 Å². The van der Waals surface area contributed by atoms with E-state index in [9.17, 15) is 26.0 Å². The van der Waals surface area contributed by atoms with Crippen molar-refractivity contribution in [3.05, 3.63) is 86.8 Å². The minimum Gasteiger partial charge on any atom is -0.343 e. The molecule has 1 atom stereocenters. The average molecular weight is 486 g/mol. The molecule has 0 bridgehead atoms. The van der Waals surface area contributed by atoms with Crippen molar-refractivity contribution in [1.82, 2.24) is 9.78 Å². The molecule has 168 valence electrons. The minimum absolute atomic E-state index is 0.0594. The third-order valence-electron chi connectivity index (χ3n) is 5.13. The molecule has 0 saturated heterocycles. The Kier molecular flexibility index (Phi) is 5.33. The highest BCUT2D eigenvalue weighted by molar-refractivity contribution is 7.95. The number of allylic oxidation sites excluding steroid dienone is 2. The van der Waals surface area contributed by atoms with E-state index in [-0.39, 0.29) is 26.9 Å². The molecule has 11 heteroatoms. The zero-order chi connectivity index (χ0) is 23.4. The second kappa shape index (κ2) is 7.63. The number of benzene rings is 2. The summed E-state index contributed by atoms with van der Waals surface area (Å²) in [6.45, 7) is 2.96. The van der Waals surface area contributed by atoms with Gasteiger partial charge < -0.3 is 5.32 Å². The number of nitrogens with one attached hydrogen (secondary N) is 1. The van der Waals surface area contributed by atoms with Crippen LogP contribution in [-0.4, -0.2) is 18.2 Å². The number of halogens is 5. The molecule has 3 aromatic rings. The van der Waals surface area contributed by atoms with Crippen molar-refractivity contribution in [1.29, 1.82) is 0 Å². The smallest absolute Gasteiger partial charge is 0.343 e. The summed E-state index contributed by atoms with van der Waals surface area (Å²) in [6.07, 6.45) is -4.75. The highest BCUT2D eigenvalue weighted by Crippen LogP contribution is 2.43. The predicted octanol–water partition coefficient (Wildman–Crippen LogP) is 5.72. The number of hydrogen-bond acceptors (Lipinski definition) is 4. The highest BCUT2D eigenvalue weighted by Gasteiger charge is 2.41. The maximum Gasteiger partial charge on any atom is 0.435 e. The molecule has 1 unspecified atom stereocenters. The fourth-order valence-electron chi connectivity index (χ4n) is 3.55. The van der Waals surface area contributed by atoms with Crippen LogP contribution >= 0.6 is 11.6 Å². The van der Waals surface area contributed by atoms with Crippen LogP contribution in [0.3, 0.4) is 0 Å². The van der Waals surface area contributed by atoms with Gasteiger partial charge >= 0.3 is 6.18 Å². The number of rotatable bonds is 3. The van der Waals surface area contributed by atoms with Crippen molar-refractivity contribution in [3.63, 3.8) is 0 Å². The first-order valence-electron chi connectivity index (χ1n) is 9.31. The lowest BCUT2D eigenvalue weighted by Crippen LogP contribution is -2.29. The lowest BCUT2D eigenvalue weighted by molar-refractivity contribution is -0.141. The lowest BCUT2D eigenvalue weighted by atomic mass is 10.0. The van der Waals surface area contributed by atoms with E-state index in [1.807, 2.05) is 0 Å². The summed E-state index contributed by atoms with van der Waals surface area (Å²) >= 11 is 5.86. The summed E-state index contributed by atoms with van der Waals surface area (Å²) in [5.41, 5.74) is -0.649. The zero-order valence-corrected chi connectivity index (χ0v) is 18.3. The molecule has 1 aliphatic rings. The van der Waals surface area contributed by atoms with Gasteiger partial charge in [0.05, 0.1) is 9.80 Å². The molecule has 0 fully saturated rings. The molecule has 4 rings (SSSR count). The van der Waals surface area contributed by atoms with Gasteiger partial charge in [0.15, 0.2) is 5.69 Å². The maximum atomic E-state index is 14.4. The maximum absolute atomic E-state index is 14.4. The standard InChI is InChI=1S/C21H16ClF4N3O2S/c1-11-3-4-13(9-16(11)23)19-20(32(30,31)15-7-5-14(22)6-8-15)12(2)27-18-10-17(21(24,25)26)28-29(18)19/h3-10,19,27H,1-2H3. The molecule has 5 nitrogen and oxygen atoms in total. The van der Waals surface area contributed by atoms with Crippen LogP contribution in [0.2, 0.25) is 5.02 Å². The second-order valence-electron chi connectivity index (χ2n) is 7.34. The third kappa shape index (κ3) is 3.77. The number of hydrogen-bond donors (Lipinski definition) is 1. The zero-order valence-electron chi connectivity index (χ0n) is 16.7. The number of fused-ring (bicyclic) bond motifs is 1. The summed E-state index contributed by atoms with van der Waals surface area (Å²) in [6, 6.07) is 8.85.